The molecule has 0 radical (unpaired) electrons. The lowest BCUT2D eigenvalue weighted by Crippen LogP contribution is -2.52. The molecule has 0 spiro atoms. The first-order chi connectivity index (χ1) is 14.2. The number of hydrogen-bond donors (Lipinski definition) is 1. The van der Waals surface area contributed by atoms with E-state index in [1.54, 1.807) is 24.0 Å². The van der Waals surface area contributed by atoms with Crippen LogP contribution in [0.25, 0.3) is 0 Å². The number of hydrogen-bond acceptors (Lipinski definition) is 6. The zero-order valence-corrected chi connectivity index (χ0v) is 18.6. The average molecular weight is 439 g/mol. The molecule has 0 atom stereocenters. The molecule has 1 N–H and O–H groups in total. The van der Waals surface area contributed by atoms with E-state index < -0.39 is 10.0 Å². The van der Waals surface area contributed by atoms with Crippen molar-refractivity contribution in [3.63, 3.8) is 0 Å². The molecule has 0 bridgehead atoms. The smallest absolute Gasteiger partial charge is 0.246 e. The van der Waals surface area contributed by atoms with Crippen molar-refractivity contribution in [3.05, 3.63) is 18.2 Å². The molecule has 0 unspecified atom stereocenters. The monoisotopic (exact) mass is 438 g/mol. The largest absolute Gasteiger partial charge is 0.492 e. The van der Waals surface area contributed by atoms with Crippen LogP contribution in [-0.4, -0.2) is 87.8 Å². The predicted molar refractivity (Wildman–Crippen MR) is 113 cm³/mol. The summed E-state index contributed by atoms with van der Waals surface area (Å²) in [5, 5.41) is 3.01. The van der Waals surface area contributed by atoms with Gasteiger partial charge in [0.05, 0.1) is 13.2 Å². The third kappa shape index (κ3) is 5.04. The number of sulfonamides is 1. The number of benzene rings is 1. The minimum atomic E-state index is -3.69. The van der Waals surface area contributed by atoms with Gasteiger partial charge in [-0.15, -0.1) is 0 Å². The molecule has 2 aliphatic rings. The van der Waals surface area contributed by atoms with E-state index >= 15 is 0 Å². The molecule has 1 heterocycles. The second kappa shape index (κ2) is 9.22. The lowest BCUT2D eigenvalue weighted by Gasteiger charge is -2.35. The number of carbonyl (C=O) groups is 2. The van der Waals surface area contributed by atoms with E-state index in [4.69, 9.17) is 4.74 Å². The highest BCUT2D eigenvalue weighted by molar-refractivity contribution is 7.89. The van der Waals surface area contributed by atoms with Crippen LogP contribution < -0.4 is 10.1 Å². The molecule has 1 saturated heterocycles. The van der Waals surface area contributed by atoms with Crippen molar-refractivity contribution in [2.75, 3.05) is 58.7 Å². The predicted octanol–water partition coefficient (Wildman–Crippen LogP) is 0.828. The molecule has 2 amide bonds. The lowest BCUT2D eigenvalue weighted by molar-refractivity contribution is -0.139. The fraction of sp³-hybridized carbons (Fsp3) is 0.600. The molecular formula is C20H30N4O5S. The van der Waals surface area contributed by atoms with Gasteiger partial charge in [-0.25, -0.2) is 12.7 Å². The van der Waals surface area contributed by atoms with E-state index in [9.17, 15) is 18.0 Å². The maximum Gasteiger partial charge on any atom is 0.246 e. The van der Waals surface area contributed by atoms with Crippen LogP contribution >= 0.6 is 0 Å². The average Bonchev–Trinajstić information content (AvgIpc) is 3.57. The minimum Gasteiger partial charge on any atom is -0.492 e. The van der Waals surface area contributed by atoms with Crippen molar-refractivity contribution in [1.29, 1.82) is 0 Å². The van der Waals surface area contributed by atoms with Gasteiger partial charge in [-0.1, -0.05) is 0 Å². The van der Waals surface area contributed by atoms with E-state index in [0.29, 0.717) is 38.5 Å². The molecular weight excluding hydrogens is 408 g/mol. The summed E-state index contributed by atoms with van der Waals surface area (Å²) >= 11 is 0. The Balaban J connectivity index is 1.60. The Bertz CT molecular complexity index is 890. The molecule has 1 aliphatic heterocycles. The number of ether oxygens (including phenoxy) is 1. The molecule has 1 aromatic rings. The fourth-order valence-electron chi connectivity index (χ4n) is 3.35. The Hall–Kier alpha value is -2.33. The number of piperazine rings is 1. The van der Waals surface area contributed by atoms with Gasteiger partial charge < -0.3 is 19.9 Å². The third-order valence-corrected chi connectivity index (χ3v) is 7.15. The number of rotatable bonds is 8. The van der Waals surface area contributed by atoms with Crippen LogP contribution in [0.1, 0.15) is 19.8 Å². The third-order valence-electron chi connectivity index (χ3n) is 5.32. The van der Waals surface area contributed by atoms with Gasteiger partial charge in [-0.2, -0.15) is 0 Å². The van der Waals surface area contributed by atoms with Crippen LogP contribution in [0, 0.1) is 5.92 Å². The number of carbonyl (C=O) groups excluding carboxylic acids is 2. The van der Waals surface area contributed by atoms with Gasteiger partial charge in [-0.05, 0) is 38.0 Å². The van der Waals surface area contributed by atoms with Crippen molar-refractivity contribution in [2.45, 2.75) is 24.7 Å². The maximum absolute atomic E-state index is 12.6. The molecule has 2 fully saturated rings. The van der Waals surface area contributed by atoms with Gasteiger partial charge in [0, 0.05) is 51.9 Å². The fourth-order valence-corrected chi connectivity index (χ4v) is 4.40. The molecule has 1 aromatic carbocycles. The van der Waals surface area contributed by atoms with Crippen LogP contribution in [0.4, 0.5) is 5.69 Å². The van der Waals surface area contributed by atoms with E-state index in [-0.39, 0.29) is 34.9 Å². The van der Waals surface area contributed by atoms with Crippen LogP contribution in [0.5, 0.6) is 5.75 Å². The summed E-state index contributed by atoms with van der Waals surface area (Å²) in [6.45, 7) is 4.34. The van der Waals surface area contributed by atoms with Crippen LogP contribution in [-0.2, 0) is 19.6 Å². The number of nitrogens with zero attached hydrogens (tertiary/aromatic N) is 3. The number of nitrogens with one attached hydrogen (secondary N) is 1. The SMILES string of the molecule is CCOc1ccc(NCC(=O)N2CCN(C(=O)C3CC3)CC2)cc1S(=O)(=O)N(C)C. The first-order valence-corrected chi connectivity index (χ1v) is 11.7. The summed E-state index contributed by atoms with van der Waals surface area (Å²) in [5.74, 6) is 0.601. The second-order valence-electron chi connectivity index (χ2n) is 7.72. The Labute approximate surface area is 178 Å². The van der Waals surface area contributed by atoms with Crippen molar-refractivity contribution < 1.29 is 22.7 Å². The summed E-state index contributed by atoms with van der Waals surface area (Å²) in [4.78, 5) is 28.3. The van der Waals surface area contributed by atoms with E-state index in [1.807, 2.05) is 4.90 Å². The summed E-state index contributed by atoms with van der Waals surface area (Å²) in [7, 11) is -0.771. The van der Waals surface area contributed by atoms with E-state index in [0.717, 1.165) is 17.1 Å². The molecule has 1 saturated carbocycles. The summed E-state index contributed by atoms with van der Waals surface area (Å²) < 4.78 is 31.8. The first-order valence-electron chi connectivity index (χ1n) is 10.2. The van der Waals surface area contributed by atoms with Gasteiger partial charge in [0.2, 0.25) is 21.8 Å². The Kier molecular flexibility index (Phi) is 6.87. The number of amides is 2. The molecule has 3 rings (SSSR count). The van der Waals surface area contributed by atoms with Crippen molar-refractivity contribution in [3.8, 4) is 5.75 Å². The molecule has 9 nitrogen and oxygen atoms in total. The van der Waals surface area contributed by atoms with Crippen LogP contribution in [0.15, 0.2) is 23.1 Å². The quantitative estimate of drug-likeness (QED) is 0.645. The van der Waals surface area contributed by atoms with Gasteiger partial charge in [0.25, 0.3) is 0 Å². The highest BCUT2D eigenvalue weighted by atomic mass is 32.2. The van der Waals surface area contributed by atoms with Gasteiger partial charge in [0.15, 0.2) is 0 Å². The van der Waals surface area contributed by atoms with Crippen molar-refractivity contribution >= 4 is 27.5 Å². The van der Waals surface area contributed by atoms with Crippen molar-refractivity contribution in [2.24, 2.45) is 5.92 Å². The van der Waals surface area contributed by atoms with Crippen molar-refractivity contribution in [1.82, 2.24) is 14.1 Å². The van der Waals surface area contributed by atoms with Crippen LogP contribution in [0.3, 0.4) is 0 Å². The Morgan fingerprint density at radius 3 is 2.33 bits per heavy atom. The molecule has 0 aromatic heterocycles. The first kappa shape index (κ1) is 22.4. The van der Waals surface area contributed by atoms with Gasteiger partial charge >= 0.3 is 0 Å². The molecule has 30 heavy (non-hydrogen) atoms. The molecule has 166 valence electrons. The summed E-state index contributed by atoms with van der Waals surface area (Å²) in [5.41, 5.74) is 0.523. The lowest BCUT2D eigenvalue weighted by atomic mass is 10.2. The van der Waals surface area contributed by atoms with Crippen LogP contribution in [0.2, 0.25) is 0 Å². The minimum absolute atomic E-state index is 0.0476. The molecule has 10 heteroatoms. The van der Waals surface area contributed by atoms with Gasteiger partial charge in [0.1, 0.15) is 10.6 Å². The summed E-state index contributed by atoms with van der Waals surface area (Å²) in [6.07, 6.45) is 1.96. The maximum atomic E-state index is 12.6. The zero-order valence-electron chi connectivity index (χ0n) is 17.8. The van der Waals surface area contributed by atoms with E-state index in [1.165, 1.54) is 20.2 Å². The molecule has 1 aliphatic carbocycles. The zero-order chi connectivity index (χ0) is 21.9. The standard InChI is InChI=1S/C20H30N4O5S/c1-4-29-17-8-7-16(13-18(17)30(27,28)22(2)3)21-14-19(25)23-9-11-24(12-10-23)20(26)15-5-6-15/h7-8,13,15,21H,4-6,9-12,14H2,1-3H3. The summed E-state index contributed by atoms with van der Waals surface area (Å²) in [6, 6.07) is 4.77. The highest BCUT2D eigenvalue weighted by Gasteiger charge is 2.35. The normalized spacial score (nSPS) is 17.2. The second-order valence-corrected chi connectivity index (χ2v) is 9.84. The van der Waals surface area contributed by atoms with Gasteiger partial charge in [-0.3, -0.25) is 9.59 Å². The highest BCUT2D eigenvalue weighted by Crippen LogP contribution is 2.31. The number of anilines is 1. The van der Waals surface area contributed by atoms with E-state index in [2.05, 4.69) is 5.32 Å². The Morgan fingerprint density at radius 2 is 1.77 bits per heavy atom. The Morgan fingerprint density at radius 1 is 1.13 bits per heavy atom. The topological polar surface area (TPSA) is 99.3 Å².